The van der Waals surface area contributed by atoms with Crippen molar-refractivity contribution in [1.82, 2.24) is 15.3 Å². The van der Waals surface area contributed by atoms with Gasteiger partial charge >= 0.3 is 0 Å². The molecule has 0 spiro atoms. The van der Waals surface area contributed by atoms with E-state index in [1.807, 2.05) is 27.1 Å². The first kappa shape index (κ1) is 13.9. The number of rotatable bonds is 4. The largest absolute Gasteiger partial charge is 0.357 e. The van der Waals surface area contributed by atoms with Crippen LogP contribution >= 0.6 is 0 Å². The molecule has 0 radical (unpaired) electrons. The minimum Gasteiger partial charge on any atom is -0.357 e. The zero-order valence-electron chi connectivity index (χ0n) is 11.8. The molecule has 4 heteroatoms. The molecule has 17 heavy (non-hydrogen) atoms. The molecule has 4 nitrogen and oxygen atoms in total. The molecule has 1 aromatic rings. The number of nitrogens with zero attached hydrogens (tertiary/aromatic N) is 3. The van der Waals surface area contributed by atoms with Gasteiger partial charge in [-0.3, -0.25) is 4.98 Å². The van der Waals surface area contributed by atoms with Gasteiger partial charge in [0.2, 0.25) is 0 Å². The van der Waals surface area contributed by atoms with E-state index < -0.39 is 0 Å². The number of hydrogen-bond acceptors (Lipinski definition) is 4. The van der Waals surface area contributed by atoms with Crippen molar-refractivity contribution in [1.29, 1.82) is 0 Å². The molecule has 0 saturated carbocycles. The first-order chi connectivity index (χ1) is 7.79. The van der Waals surface area contributed by atoms with E-state index in [0.717, 1.165) is 30.3 Å². The summed E-state index contributed by atoms with van der Waals surface area (Å²) in [5, 5.41) is 3.46. The van der Waals surface area contributed by atoms with Crippen LogP contribution < -0.4 is 10.2 Å². The van der Waals surface area contributed by atoms with Gasteiger partial charge in [-0.05, 0) is 34.6 Å². The summed E-state index contributed by atoms with van der Waals surface area (Å²) in [6.07, 6.45) is 1.83. The fourth-order valence-corrected chi connectivity index (χ4v) is 1.43. The van der Waals surface area contributed by atoms with E-state index in [0.29, 0.717) is 0 Å². The van der Waals surface area contributed by atoms with Crippen molar-refractivity contribution >= 4 is 5.82 Å². The Morgan fingerprint density at radius 2 is 1.88 bits per heavy atom. The highest BCUT2D eigenvalue weighted by molar-refractivity contribution is 5.36. The number of aryl methyl sites for hydroxylation is 2. The normalized spacial score (nSPS) is 11.6. The highest BCUT2D eigenvalue weighted by Crippen LogP contribution is 2.09. The fourth-order valence-electron chi connectivity index (χ4n) is 1.43. The molecule has 1 N–H and O–H groups in total. The van der Waals surface area contributed by atoms with Gasteiger partial charge in [-0.25, -0.2) is 4.98 Å². The lowest BCUT2D eigenvalue weighted by atomic mass is 10.1. The Kier molecular flexibility index (Phi) is 4.46. The lowest BCUT2D eigenvalue weighted by molar-refractivity contribution is 0.430. The first-order valence-corrected chi connectivity index (χ1v) is 6.06. The Bertz CT molecular complexity index is 368. The second kappa shape index (κ2) is 5.45. The maximum atomic E-state index is 4.52. The third kappa shape index (κ3) is 4.69. The van der Waals surface area contributed by atoms with Gasteiger partial charge in [-0.15, -0.1) is 0 Å². The molecule has 0 fully saturated rings. The van der Waals surface area contributed by atoms with Crippen LogP contribution in [-0.4, -0.2) is 35.6 Å². The van der Waals surface area contributed by atoms with Gasteiger partial charge < -0.3 is 10.2 Å². The third-order valence-electron chi connectivity index (χ3n) is 2.67. The number of anilines is 1. The summed E-state index contributed by atoms with van der Waals surface area (Å²) in [4.78, 5) is 11.0. The molecule has 1 rings (SSSR count). The molecule has 0 amide bonds. The molecule has 0 aromatic carbocycles. The Morgan fingerprint density at radius 1 is 1.24 bits per heavy atom. The molecule has 0 saturated heterocycles. The summed E-state index contributed by atoms with van der Waals surface area (Å²) in [6.45, 7) is 12.3. The van der Waals surface area contributed by atoms with E-state index >= 15 is 0 Å². The van der Waals surface area contributed by atoms with Crippen LogP contribution in [-0.2, 0) is 0 Å². The molecular formula is C13H24N4. The highest BCUT2D eigenvalue weighted by Gasteiger charge is 2.09. The van der Waals surface area contributed by atoms with Crippen molar-refractivity contribution in [2.75, 3.05) is 25.0 Å². The zero-order chi connectivity index (χ0) is 13.1. The van der Waals surface area contributed by atoms with Gasteiger partial charge in [-0.2, -0.15) is 0 Å². The number of hydrogen-bond donors (Lipinski definition) is 1. The Labute approximate surface area is 104 Å². The van der Waals surface area contributed by atoms with Crippen LogP contribution in [0, 0.1) is 13.8 Å². The molecule has 0 aliphatic heterocycles. The molecule has 0 bridgehead atoms. The van der Waals surface area contributed by atoms with Gasteiger partial charge in [0.05, 0.1) is 17.6 Å². The summed E-state index contributed by atoms with van der Waals surface area (Å²) in [5.74, 6) is 0.934. The fraction of sp³-hybridized carbons (Fsp3) is 0.692. The van der Waals surface area contributed by atoms with Crippen LogP contribution in [0.4, 0.5) is 5.82 Å². The topological polar surface area (TPSA) is 41.1 Å². The SMILES string of the molecule is Cc1ncc(N(C)CCNC(C)(C)C)nc1C. The lowest BCUT2D eigenvalue weighted by Crippen LogP contribution is -2.40. The molecule has 0 aliphatic carbocycles. The van der Waals surface area contributed by atoms with E-state index in [-0.39, 0.29) is 5.54 Å². The summed E-state index contributed by atoms with van der Waals surface area (Å²) < 4.78 is 0. The van der Waals surface area contributed by atoms with Crippen LogP contribution in [0.1, 0.15) is 32.2 Å². The van der Waals surface area contributed by atoms with Crippen LogP contribution in [0.3, 0.4) is 0 Å². The molecule has 0 atom stereocenters. The average molecular weight is 236 g/mol. The van der Waals surface area contributed by atoms with Crippen LogP contribution in [0.5, 0.6) is 0 Å². The summed E-state index contributed by atoms with van der Waals surface area (Å²) in [5.41, 5.74) is 2.16. The van der Waals surface area contributed by atoms with Gasteiger partial charge in [-0.1, -0.05) is 0 Å². The van der Waals surface area contributed by atoms with Crippen molar-refractivity contribution < 1.29 is 0 Å². The first-order valence-electron chi connectivity index (χ1n) is 6.06. The quantitative estimate of drug-likeness (QED) is 0.867. The highest BCUT2D eigenvalue weighted by atomic mass is 15.2. The predicted octanol–water partition coefficient (Wildman–Crippen LogP) is 1.92. The van der Waals surface area contributed by atoms with Crippen LogP contribution in [0.25, 0.3) is 0 Å². The monoisotopic (exact) mass is 236 g/mol. The van der Waals surface area contributed by atoms with Crippen LogP contribution in [0.2, 0.25) is 0 Å². The number of likely N-dealkylation sites (N-methyl/N-ethyl adjacent to an activating group) is 1. The minimum atomic E-state index is 0.162. The van der Waals surface area contributed by atoms with E-state index in [1.54, 1.807) is 0 Å². The van der Waals surface area contributed by atoms with Gasteiger partial charge in [0.25, 0.3) is 0 Å². The van der Waals surface area contributed by atoms with Crippen molar-refractivity contribution in [3.63, 3.8) is 0 Å². The number of nitrogens with one attached hydrogen (secondary N) is 1. The predicted molar refractivity (Wildman–Crippen MR) is 72.5 cm³/mol. The third-order valence-corrected chi connectivity index (χ3v) is 2.67. The smallest absolute Gasteiger partial charge is 0.147 e. The van der Waals surface area contributed by atoms with Crippen LogP contribution in [0.15, 0.2) is 6.20 Å². The van der Waals surface area contributed by atoms with E-state index in [4.69, 9.17) is 0 Å². The summed E-state index contributed by atoms with van der Waals surface area (Å²) in [6, 6.07) is 0. The second-order valence-corrected chi connectivity index (χ2v) is 5.50. The summed E-state index contributed by atoms with van der Waals surface area (Å²) >= 11 is 0. The second-order valence-electron chi connectivity index (χ2n) is 5.50. The maximum absolute atomic E-state index is 4.52. The molecule has 0 aliphatic rings. The molecule has 0 unspecified atom stereocenters. The molecule has 1 heterocycles. The Balaban J connectivity index is 2.52. The molecular weight excluding hydrogens is 212 g/mol. The molecule has 96 valence electrons. The van der Waals surface area contributed by atoms with E-state index in [2.05, 4.69) is 41.0 Å². The minimum absolute atomic E-state index is 0.162. The van der Waals surface area contributed by atoms with E-state index in [1.165, 1.54) is 0 Å². The van der Waals surface area contributed by atoms with Gasteiger partial charge in [0, 0.05) is 25.7 Å². The van der Waals surface area contributed by atoms with Crippen molar-refractivity contribution in [3.8, 4) is 0 Å². The molecule has 1 aromatic heterocycles. The van der Waals surface area contributed by atoms with Crippen molar-refractivity contribution in [2.24, 2.45) is 0 Å². The van der Waals surface area contributed by atoms with Crippen molar-refractivity contribution in [2.45, 2.75) is 40.2 Å². The van der Waals surface area contributed by atoms with Gasteiger partial charge in [0.1, 0.15) is 5.82 Å². The maximum Gasteiger partial charge on any atom is 0.147 e. The van der Waals surface area contributed by atoms with Crippen molar-refractivity contribution in [3.05, 3.63) is 17.6 Å². The van der Waals surface area contributed by atoms with Gasteiger partial charge in [0.15, 0.2) is 0 Å². The number of aromatic nitrogens is 2. The van der Waals surface area contributed by atoms with E-state index in [9.17, 15) is 0 Å². The standard InChI is InChI=1S/C13H24N4/c1-10-11(2)16-12(9-14-10)17(6)8-7-15-13(3,4)5/h9,15H,7-8H2,1-6H3. The average Bonchev–Trinajstić information content (AvgIpc) is 2.20. The zero-order valence-corrected chi connectivity index (χ0v) is 11.8. The lowest BCUT2D eigenvalue weighted by Gasteiger charge is -2.24. The Hall–Kier alpha value is -1.16. The Morgan fingerprint density at radius 3 is 2.41 bits per heavy atom. The summed E-state index contributed by atoms with van der Waals surface area (Å²) in [7, 11) is 2.04.